The lowest BCUT2D eigenvalue weighted by molar-refractivity contribution is -0.142. The predicted octanol–water partition coefficient (Wildman–Crippen LogP) is 6.76. The van der Waals surface area contributed by atoms with E-state index in [1.807, 2.05) is 24.3 Å². The molecule has 0 radical (unpaired) electrons. The fraction of sp³-hybridized carbons (Fsp3) is 0.371. The van der Waals surface area contributed by atoms with Gasteiger partial charge in [0.1, 0.15) is 11.2 Å². The molecular formula is C35H37F3N4O5. The highest BCUT2D eigenvalue weighted by Crippen LogP contribution is 2.36. The van der Waals surface area contributed by atoms with Gasteiger partial charge in [-0.25, -0.2) is 4.79 Å². The Bertz CT molecular complexity index is 1670. The lowest BCUT2D eigenvalue weighted by atomic mass is 9.76. The number of rotatable bonds is 7. The van der Waals surface area contributed by atoms with Crippen LogP contribution in [0, 0.1) is 17.2 Å². The minimum Gasteiger partial charge on any atom is -0.444 e. The van der Waals surface area contributed by atoms with Gasteiger partial charge in [0.25, 0.3) is 5.91 Å². The summed E-state index contributed by atoms with van der Waals surface area (Å²) in [7, 11) is 0. The highest BCUT2D eigenvalue weighted by atomic mass is 19.4. The summed E-state index contributed by atoms with van der Waals surface area (Å²) in [5, 5.41) is 26.5. The summed E-state index contributed by atoms with van der Waals surface area (Å²) in [5.41, 5.74) is -2.00. The molecule has 1 aliphatic heterocycles. The number of nitrogens with zero attached hydrogens (tertiary/aromatic N) is 2. The molecule has 1 saturated heterocycles. The molecule has 0 aliphatic carbocycles. The largest absolute Gasteiger partial charge is 0.444 e. The lowest BCUT2D eigenvalue weighted by Crippen LogP contribution is -2.55. The third kappa shape index (κ3) is 8.89. The summed E-state index contributed by atoms with van der Waals surface area (Å²) >= 11 is 0. The van der Waals surface area contributed by atoms with E-state index in [4.69, 9.17) is 10.00 Å². The monoisotopic (exact) mass is 650 g/mol. The number of hydrogen-bond donors (Lipinski definition) is 3. The van der Waals surface area contributed by atoms with E-state index in [1.54, 1.807) is 45.0 Å². The number of likely N-dealkylation sites (tertiary alicyclic amines) is 1. The van der Waals surface area contributed by atoms with Crippen molar-refractivity contribution in [1.82, 2.24) is 4.90 Å². The topological polar surface area (TPSA) is 132 Å². The van der Waals surface area contributed by atoms with E-state index in [-0.39, 0.29) is 43.9 Å². The molecule has 0 spiro atoms. The van der Waals surface area contributed by atoms with Crippen molar-refractivity contribution in [2.45, 2.75) is 64.3 Å². The quantitative estimate of drug-likeness (QED) is 0.259. The molecule has 1 aliphatic rings. The van der Waals surface area contributed by atoms with Gasteiger partial charge in [-0.15, -0.1) is 0 Å². The average Bonchev–Trinajstić information content (AvgIpc) is 3.00. The van der Waals surface area contributed by atoms with E-state index in [9.17, 15) is 32.7 Å². The van der Waals surface area contributed by atoms with E-state index in [1.165, 1.54) is 24.0 Å². The van der Waals surface area contributed by atoms with Gasteiger partial charge in [-0.05, 0) is 80.6 Å². The zero-order valence-corrected chi connectivity index (χ0v) is 26.6. The van der Waals surface area contributed by atoms with Crippen LogP contribution in [0.1, 0.15) is 57.2 Å². The molecule has 3 aromatic rings. The molecule has 1 heterocycles. The van der Waals surface area contributed by atoms with Crippen LogP contribution in [-0.4, -0.2) is 52.2 Å². The third-order valence-electron chi connectivity index (χ3n) is 7.86. The molecule has 1 fully saturated rings. The van der Waals surface area contributed by atoms with Crippen LogP contribution in [0.5, 0.6) is 0 Å². The number of nitriles is 1. The molecular weight excluding hydrogens is 613 g/mol. The number of amides is 3. The molecule has 248 valence electrons. The number of anilines is 2. The van der Waals surface area contributed by atoms with Gasteiger partial charge in [-0.3, -0.25) is 9.59 Å². The second-order valence-electron chi connectivity index (χ2n) is 12.6. The van der Waals surface area contributed by atoms with Gasteiger partial charge in [0.2, 0.25) is 5.91 Å². The SMILES string of the molecule is CC(=O)Nc1ccc(-c2cccc(CC(O)(C(=O)Nc3ccc(C#N)c(C(F)(F)F)c3)C3CCN(C(=O)OC(C)(C)C)CC3)c2)cc1. The first-order valence-corrected chi connectivity index (χ1v) is 15.1. The third-order valence-corrected chi connectivity index (χ3v) is 7.86. The second-order valence-corrected chi connectivity index (χ2v) is 12.6. The molecule has 1 unspecified atom stereocenters. The summed E-state index contributed by atoms with van der Waals surface area (Å²) in [6, 6.07) is 18.6. The highest BCUT2D eigenvalue weighted by Gasteiger charge is 2.46. The minimum atomic E-state index is -4.84. The number of hydrogen-bond acceptors (Lipinski definition) is 6. The molecule has 3 aromatic carbocycles. The van der Waals surface area contributed by atoms with Crippen molar-refractivity contribution < 1.29 is 37.4 Å². The minimum absolute atomic E-state index is 0.170. The molecule has 47 heavy (non-hydrogen) atoms. The maximum absolute atomic E-state index is 13.9. The number of benzene rings is 3. The second kappa shape index (κ2) is 13.8. The van der Waals surface area contributed by atoms with Gasteiger partial charge in [-0.2, -0.15) is 18.4 Å². The molecule has 0 aromatic heterocycles. The number of alkyl halides is 3. The molecule has 0 saturated carbocycles. The van der Waals surface area contributed by atoms with Crippen molar-refractivity contribution in [2.75, 3.05) is 23.7 Å². The van der Waals surface area contributed by atoms with E-state index in [0.717, 1.165) is 17.2 Å². The number of halogens is 3. The zero-order chi connectivity index (χ0) is 34.6. The fourth-order valence-electron chi connectivity index (χ4n) is 5.59. The van der Waals surface area contributed by atoms with Crippen LogP contribution in [0.15, 0.2) is 66.7 Å². The van der Waals surface area contributed by atoms with E-state index >= 15 is 0 Å². The summed E-state index contributed by atoms with van der Waals surface area (Å²) in [5.74, 6) is -1.77. The van der Waals surface area contributed by atoms with Crippen LogP contribution in [0.4, 0.5) is 29.3 Å². The smallest absolute Gasteiger partial charge is 0.417 e. The van der Waals surface area contributed by atoms with Gasteiger partial charge in [0, 0.05) is 43.7 Å². The Kier molecular flexibility index (Phi) is 10.3. The standard InChI is InChI=1S/C35H37F3N4O5/c1-22(43)40-28-11-8-24(9-12-28)25-7-5-6-23(18-25)20-34(46,27-14-16-42(17-15-27)32(45)47-33(2,3)4)31(44)41-29-13-10-26(21-39)30(19-29)35(36,37)38/h5-13,18-19,27,46H,14-17,20H2,1-4H3,(H,40,43)(H,41,44). The normalized spacial score (nSPS) is 15.3. The van der Waals surface area contributed by atoms with Gasteiger partial charge in [0.15, 0.2) is 0 Å². The van der Waals surface area contributed by atoms with Crippen LogP contribution in [0.25, 0.3) is 11.1 Å². The van der Waals surface area contributed by atoms with Crippen LogP contribution in [0.2, 0.25) is 0 Å². The summed E-state index contributed by atoms with van der Waals surface area (Å²) < 4.78 is 46.4. The van der Waals surface area contributed by atoms with Crippen LogP contribution in [0.3, 0.4) is 0 Å². The van der Waals surface area contributed by atoms with Crippen LogP contribution < -0.4 is 10.6 Å². The van der Waals surface area contributed by atoms with Crippen molar-refractivity contribution >= 4 is 29.3 Å². The lowest BCUT2D eigenvalue weighted by Gasteiger charge is -2.41. The van der Waals surface area contributed by atoms with Crippen molar-refractivity contribution in [3.05, 3.63) is 83.4 Å². The number of nitrogens with one attached hydrogen (secondary N) is 2. The first kappa shape index (κ1) is 35.0. The summed E-state index contributed by atoms with van der Waals surface area (Å²) in [6.45, 7) is 7.06. The van der Waals surface area contributed by atoms with Gasteiger partial charge in [0.05, 0.1) is 17.2 Å². The van der Waals surface area contributed by atoms with E-state index in [0.29, 0.717) is 17.3 Å². The molecule has 9 nitrogen and oxygen atoms in total. The van der Waals surface area contributed by atoms with Crippen LogP contribution in [-0.2, 0) is 26.9 Å². The number of carbonyl (C=O) groups is 3. The van der Waals surface area contributed by atoms with Crippen molar-refractivity contribution in [3.8, 4) is 17.2 Å². The van der Waals surface area contributed by atoms with Gasteiger partial charge in [-0.1, -0.05) is 36.4 Å². The number of ether oxygens (including phenoxy) is 1. The van der Waals surface area contributed by atoms with Crippen molar-refractivity contribution in [2.24, 2.45) is 5.92 Å². The van der Waals surface area contributed by atoms with Gasteiger partial charge < -0.3 is 25.4 Å². The Labute approximate surface area is 271 Å². The van der Waals surface area contributed by atoms with Gasteiger partial charge >= 0.3 is 12.3 Å². The predicted molar refractivity (Wildman–Crippen MR) is 170 cm³/mol. The maximum Gasteiger partial charge on any atom is 0.417 e. The average molecular weight is 651 g/mol. The Hall–Kier alpha value is -4.89. The van der Waals surface area contributed by atoms with Crippen LogP contribution >= 0.6 is 0 Å². The number of carbonyl (C=O) groups excluding carboxylic acids is 3. The summed E-state index contributed by atoms with van der Waals surface area (Å²) in [4.78, 5) is 39.5. The zero-order valence-electron chi connectivity index (χ0n) is 26.6. The molecule has 12 heteroatoms. The summed E-state index contributed by atoms with van der Waals surface area (Å²) in [6.07, 6.45) is -5.06. The number of aliphatic hydroxyl groups is 1. The first-order valence-electron chi connectivity index (χ1n) is 15.1. The maximum atomic E-state index is 13.9. The fourth-order valence-corrected chi connectivity index (χ4v) is 5.59. The Balaban J connectivity index is 1.63. The Morgan fingerprint density at radius 3 is 2.15 bits per heavy atom. The molecule has 3 amide bonds. The van der Waals surface area contributed by atoms with Crippen molar-refractivity contribution in [3.63, 3.8) is 0 Å². The molecule has 1 atom stereocenters. The molecule has 0 bridgehead atoms. The van der Waals surface area contributed by atoms with Crippen molar-refractivity contribution in [1.29, 1.82) is 5.26 Å². The first-order chi connectivity index (χ1) is 22.0. The van der Waals surface area contributed by atoms with E-state index < -0.39 is 46.4 Å². The number of piperidine rings is 1. The highest BCUT2D eigenvalue weighted by molar-refractivity contribution is 5.98. The molecule has 3 N–H and O–H groups in total. The Morgan fingerprint density at radius 2 is 1.57 bits per heavy atom. The van der Waals surface area contributed by atoms with E-state index in [2.05, 4.69) is 10.6 Å². The molecule has 4 rings (SSSR count). The Morgan fingerprint density at radius 1 is 0.936 bits per heavy atom.